The Morgan fingerprint density at radius 1 is 0.475 bits per heavy atom. The van der Waals surface area contributed by atoms with Gasteiger partial charge in [-0.15, -0.1) is 0 Å². The van der Waals surface area contributed by atoms with Crippen LogP contribution in [0.5, 0.6) is 0 Å². The fraction of sp³-hybridized carbons (Fsp3) is 0. The molecule has 3 nitrogen and oxygen atoms in total. The number of carbonyl (C=O) groups is 1. The summed E-state index contributed by atoms with van der Waals surface area (Å²) < 4.78 is 0. The molecule has 0 amide bonds. The maximum atomic E-state index is 12.8. The number of nitrogens with zero attached hydrogens (tertiary/aromatic N) is 2. The zero-order valence-electron chi connectivity index (χ0n) is 21.8. The van der Waals surface area contributed by atoms with Crippen molar-refractivity contribution in [2.24, 2.45) is 0 Å². The quantitative estimate of drug-likeness (QED) is 0.158. The molecule has 40 heavy (non-hydrogen) atoms. The first-order valence-corrected chi connectivity index (χ1v) is 13.2. The van der Waals surface area contributed by atoms with E-state index in [1.807, 2.05) is 109 Å². The van der Waals surface area contributed by atoms with E-state index in [9.17, 15) is 4.79 Å². The van der Waals surface area contributed by atoms with Crippen LogP contribution in [0.2, 0.25) is 0 Å². The highest BCUT2D eigenvalue weighted by Gasteiger charge is 2.12. The van der Waals surface area contributed by atoms with Crippen LogP contribution < -0.4 is 0 Å². The summed E-state index contributed by atoms with van der Waals surface area (Å²) in [5.41, 5.74) is 8.31. The third kappa shape index (κ3) is 5.69. The average molecular weight is 515 g/mol. The Hall–Kier alpha value is -5.41. The summed E-state index contributed by atoms with van der Waals surface area (Å²) in [4.78, 5) is 22.8. The summed E-state index contributed by atoms with van der Waals surface area (Å²) in [5.74, 6) is 0.630. The second-order valence-corrected chi connectivity index (χ2v) is 9.47. The van der Waals surface area contributed by atoms with E-state index in [4.69, 9.17) is 9.97 Å². The van der Waals surface area contributed by atoms with Gasteiger partial charge in [-0.2, -0.15) is 0 Å². The summed E-state index contributed by atoms with van der Waals surface area (Å²) >= 11 is 0. The fourth-order valence-corrected chi connectivity index (χ4v) is 4.63. The normalized spacial score (nSPS) is 11.0. The summed E-state index contributed by atoms with van der Waals surface area (Å²) in [6.45, 7) is 0. The lowest BCUT2D eigenvalue weighted by Crippen LogP contribution is -1.96. The van der Waals surface area contributed by atoms with E-state index in [2.05, 4.69) is 42.5 Å². The van der Waals surface area contributed by atoms with Crippen molar-refractivity contribution < 1.29 is 4.79 Å². The average Bonchev–Trinajstić information content (AvgIpc) is 3.05. The van der Waals surface area contributed by atoms with Crippen molar-refractivity contribution in [1.29, 1.82) is 0 Å². The van der Waals surface area contributed by atoms with E-state index in [-0.39, 0.29) is 5.78 Å². The number of hydrogen-bond acceptors (Lipinski definition) is 3. The van der Waals surface area contributed by atoms with Gasteiger partial charge in [-0.3, -0.25) is 4.79 Å². The largest absolute Gasteiger partial charge is 0.289 e. The number of ketones is 1. The van der Waals surface area contributed by atoms with Crippen molar-refractivity contribution in [3.63, 3.8) is 0 Å². The van der Waals surface area contributed by atoms with E-state index >= 15 is 0 Å². The predicted molar refractivity (Wildman–Crippen MR) is 164 cm³/mol. The molecule has 0 atom stereocenters. The second-order valence-electron chi connectivity index (χ2n) is 9.47. The standard InChI is InChI=1S/C37H26N2O/c40-36(30-17-9-3-10-18-30)22-21-27-23-32(28-13-5-1-6-14-28)25-33(24-27)35-26-34(29-15-7-2-8-16-29)38-37(39-35)31-19-11-4-12-20-31/h1-26H/b22-21+. The van der Waals surface area contributed by atoms with Crippen molar-refractivity contribution >= 4 is 11.9 Å². The highest BCUT2D eigenvalue weighted by molar-refractivity contribution is 6.06. The zero-order chi connectivity index (χ0) is 27.1. The van der Waals surface area contributed by atoms with Gasteiger partial charge < -0.3 is 0 Å². The highest BCUT2D eigenvalue weighted by atomic mass is 16.1. The lowest BCUT2D eigenvalue weighted by Gasteiger charge is -2.12. The molecule has 5 aromatic carbocycles. The Morgan fingerprint density at radius 2 is 0.975 bits per heavy atom. The van der Waals surface area contributed by atoms with Crippen LogP contribution in [0.1, 0.15) is 15.9 Å². The van der Waals surface area contributed by atoms with E-state index in [0.717, 1.165) is 44.8 Å². The Kier molecular flexibility index (Phi) is 7.19. The van der Waals surface area contributed by atoms with Gasteiger partial charge in [0, 0.05) is 22.3 Å². The van der Waals surface area contributed by atoms with Gasteiger partial charge in [0.2, 0.25) is 0 Å². The molecule has 0 fully saturated rings. The maximum Gasteiger partial charge on any atom is 0.185 e. The molecule has 190 valence electrons. The predicted octanol–water partition coefficient (Wildman–Crippen LogP) is 9.04. The molecule has 0 radical (unpaired) electrons. The monoisotopic (exact) mass is 514 g/mol. The molecule has 0 N–H and O–H groups in total. The Bertz CT molecular complexity index is 1720. The molecule has 0 spiro atoms. The van der Waals surface area contributed by atoms with E-state index in [1.54, 1.807) is 6.08 Å². The Balaban J connectivity index is 1.50. The van der Waals surface area contributed by atoms with E-state index < -0.39 is 0 Å². The molecular weight excluding hydrogens is 488 g/mol. The molecule has 0 aliphatic rings. The molecule has 0 saturated carbocycles. The van der Waals surface area contributed by atoms with Crippen molar-refractivity contribution in [2.45, 2.75) is 0 Å². The first kappa shape index (κ1) is 24.9. The minimum Gasteiger partial charge on any atom is -0.289 e. The molecule has 0 bridgehead atoms. The summed E-state index contributed by atoms with van der Waals surface area (Å²) in [5, 5.41) is 0. The first-order valence-electron chi connectivity index (χ1n) is 13.2. The minimum absolute atomic E-state index is 0.0352. The lowest BCUT2D eigenvalue weighted by molar-refractivity contribution is 0.104. The van der Waals surface area contributed by atoms with Gasteiger partial charge in [-0.25, -0.2) is 9.97 Å². The molecular formula is C37H26N2O. The second kappa shape index (κ2) is 11.5. The van der Waals surface area contributed by atoms with Gasteiger partial charge in [0.25, 0.3) is 0 Å². The topological polar surface area (TPSA) is 42.9 Å². The van der Waals surface area contributed by atoms with Crippen LogP contribution in [0, 0.1) is 0 Å². The first-order chi connectivity index (χ1) is 19.7. The molecule has 0 saturated heterocycles. The summed E-state index contributed by atoms with van der Waals surface area (Å²) in [6.07, 6.45) is 3.51. The third-order valence-corrected chi connectivity index (χ3v) is 6.67. The van der Waals surface area contributed by atoms with Gasteiger partial charge in [0.1, 0.15) is 0 Å². The SMILES string of the molecule is O=C(/C=C/c1cc(-c2ccccc2)cc(-c2cc(-c3ccccc3)nc(-c3ccccc3)n2)c1)c1ccccc1. The number of carbonyl (C=O) groups excluding carboxylic acids is 1. The zero-order valence-corrected chi connectivity index (χ0v) is 21.8. The number of hydrogen-bond donors (Lipinski definition) is 0. The molecule has 0 unspecified atom stereocenters. The van der Waals surface area contributed by atoms with Crippen LogP contribution in [0.15, 0.2) is 152 Å². The molecule has 6 rings (SSSR count). The lowest BCUT2D eigenvalue weighted by atomic mass is 9.97. The van der Waals surface area contributed by atoms with Crippen molar-refractivity contribution in [3.05, 3.63) is 163 Å². The Labute approximate surface area is 234 Å². The van der Waals surface area contributed by atoms with Crippen molar-refractivity contribution in [3.8, 4) is 45.0 Å². The molecule has 1 heterocycles. The number of aromatic nitrogens is 2. The van der Waals surface area contributed by atoms with Gasteiger partial charge in [-0.05, 0) is 47.0 Å². The van der Waals surface area contributed by atoms with Crippen LogP contribution in [0.3, 0.4) is 0 Å². The summed E-state index contributed by atoms with van der Waals surface area (Å²) in [6, 6.07) is 48.1. The fourth-order valence-electron chi connectivity index (χ4n) is 4.63. The van der Waals surface area contributed by atoms with Crippen molar-refractivity contribution in [1.82, 2.24) is 9.97 Å². The molecule has 0 aliphatic heterocycles. The summed E-state index contributed by atoms with van der Waals surface area (Å²) in [7, 11) is 0. The molecule has 6 aromatic rings. The van der Waals surface area contributed by atoms with Crippen LogP contribution in [0.25, 0.3) is 51.1 Å². The van der Waals surface area contributed by atoms with Crippen LogP contribution in [-0.4, -0.2) is 15.8 Å². The number of allylic oxidation sites excluding steroid dienone is 1. The van der Waals surface area contributed by atoms with Gasteiger partial charge in [0.15, 0.2) is 11.6 Å². The van der Waals surface area contributed by atoms with E-state index in [0.29, 0.717) is 11.4 Å². The minimum atomic E-state index is -0.0352. The number of rotatable bonds is 7. The molecule has 1 aromatic heterocycles. The molecule has 3 heteroatoms. The van der Waals surface area contributed by atoms with Gasteiger partial charge in [-0.1, -0.05) is 127 Å². The van der Waals surface area contributed by atoms with E-state index in [1.165, 1.54) is 0 Å². The smallest absolute Gasteiger partial charge is 0.185 e. The molecule has 0 aliphatic carbocycles. The number of benzene rings is 5. The maximum absolute atomic E-state index is 12.8. The van der Waals surface area contributed by atoms with Crippen LogP contribution >= 0.6 is 0 Å². The van der Waals surface area contributed by atoms with Gasteiger partial charge in [0.05, 0.1) is 11.4 Å². The highest BCUT2D eigenvalue weighted by Crippen LogP contribution is 2.31. The van der Waals surface area contributed by atoms with Gasteiger partial charge >= 0.3 is 0 Å². The Morgan fingerprint density at radius 3 is 1.60 bits per heavy atom. The van der Waals surface area contributed by atoms with Crippen LogP contribution in [0.4, 0.5) is 0 Å². The van der Waals surface area contributed by atoms with Crippen molar-refractivity contribution in [2.75, 3.05) is 0 Å². The third-order valence-electron chi connectivity index (χ3n) is 6.67. The van der Waals surface area contributed by atoms with Crippen LogP contribution in [-0.2, 0) is 0 Å².